The van der Waals surface area contributed by atoms with E-state index in [0.29, 0.717) is 30.0 Å². The number of hydrogen-bond donors (Lipinski definition) is 2. The molecule has 2 aliphatic rings. The molecule has 0 radical (unpaired) electrons. The lowest BCUT2D eigenvalue weighted by atomic mass is 9.76. The minimum Gasteiger partial charge on any atom is -0.452 e. The van der Waals surface area contributed by atoms with Gasteiger partial charge in [-0.15, -0.1) is 0 Å². The maximum atomic E-state index is 12.9. The fraction of sp³-hybridized carbons (Fsp3) is 0.320. The zero-order chi connectivity index (χ0) is 24.2. The monoisotopic (exact) mass is 463 g/mol. The number of benzene rings is 2. The summed E-state index contributed by atoms with van der Waals surface area (Å²) in [5.74, 6) is -2.74. The molecule has 1 aliphatic carbocycles. The normalized spacial score (nSPS) is 21.6. The molecule has 0 bridgehead atoms. The average Bonchev–Trinajstić information content (AvgIpc) is 3.10. The van der Waals surface area contributed by atoms with Crippen molar-refractivity contribution in [2.24, 2.45) is 17.8 Å². The Morgan fingerprint density at radius 1 is 0.912 bits per heavy atom. The number of imide groups is 1. The molecular weight excluding hydrogens is 438 g/mol. The van der Waals surface area contributed by atoms with Crippen molar-refractivity contribution in [3.05, 3.63) is 65.7 Å². The highest BCUT2D eigenvalue weighted by Gasteiger charge is 2.50. The number of fused-ring (bicyclic) bond motifs is 1. The Morgan fingerprint density at radius 2 is 1.62 bits per heavy atom. The highest BCUT2D eigenvalue weighted by atomic mass is 16.5. The van der Waals surface area contributed by atoms with Crippen LogP contribution in [-0.2, 0) is 19.1 Å². The Labute approximate surface area is 196 Å². The van der Waals surface area contributed by atoms with E-state index in [0.717, 1.165) is 11.3 Å². The third-order valence-corrected chi connectivity index (χ3v) is 6.21. The summed E-state index contributed by atoms with van der Waals surface area (Å²) in [6.07, 6.45) is 2.28. The molecule has 9 heteroatoms. The molecule has 9 nitrogen and oxygen atoms in total. The first-order chi connectivity index (χ1) is 16.3. The Bertz CT molecular complexity index is 1130. The van der Waals surface area contributed by atoms with Crippen molar-refractivity contribution in [3.8, 4) is 0 Å². The van der Waals surface area contributed by atoms with E-state index in [-0.39, 0.29) is 29.2 Å². The molecule has 4 rings (SSSR count). The lowest BCUT2D eigenvalue weighted by Crippen LogP contribution is -2.43. The molecule has 2 N–H and O–H groups in total. The summed E-state index contributed by atoms with van der Waals surface area (Å²) in [4.78, 5) is 63.3. The van der Waals surface area contributed by atoms with Gasteiger partial charge in [-0.25, -0.2) is 4.79 Å². The van der Waals surface area contributed by atoms with E-state index in [4.69, 9.17) is 4.74 Å². The predicted octanol–water partition coefficient (Wildman–Crippen LogP) is 2.23. The van der Waals surface area contributed by atoms with Crippen molar-refractivity contribution in [3.63, 3.8) is 0 Å². The highest BCUT2D eigenvalue weighted by Crippen LogP contribution is 2.42. The summed E-state index contributed by atoms with van der Waals surface area (Å²) >= 11 is 0. The number of carbonyl (C=O) groups excluding carboxylic acids is 5. The Hall–Kier alpha value is -4.01. The van der Waals surface area contributed by atoms with E-state index in [1.807, 2.05) is 0 Å². The second-order valence-corrected chi connectivity index (χ2v) is 8.64. The zero-order valence-corrected chi connectivity index (χ0v) is 18.7. The minimum atomic E-state index is -0.795. The van der Waals surface area contributed by atoms with Crippen LogP contribution in [0.4, 0.5) is 5.69 Å². The number of ether oxygens (including phenoxy) is 1. The minimum absolute atomic E-state index is 0.0995. The first kappa shape index (κ1) is 23.2. The molecule has 3 atom stereocenters. The average molecular weight is 463 g/mol. The van der Waals surface area contributed by atoms with Gasteiger partial charge in [0.1, 0.15) is 0 Å². The number of esters is 1. The van der Waals surface area contributed by atoms with Crippen molar-refractivity contribution in [2.45, 2.75) is 26.2 Å². The smallest absolute Gasteiger partial charge is 0.338 e. The summed E-state index contributed by atoms with van der Waals surface area (Å²) in [5, 5.41) is 0. The van der Waals surface area contributed by atoms with Crippen molar-refractivity contribution < 1.29 is 28.7 Å². The maximum absolute atomic E-state index is 12.9. The number of hydrogen-bond acceptors (Lipinski definition) is 6. The van der Waals surface area contributed by atoms with Crippen LogP contribution in [0.3, 0.4) is 0 Å². The first-order valence-corrected chi connectivity index (χ1v) is 11.1. The van der Waals surface area contributed by atoms with Gasteiger partial charge in [0.05, 0.1) is 23.1 Å². The summed E-state index contributed by atoms with van der Waals surface area (Å²) in [6, 6.07) is 14.3. The Kier molecular flexibility index (Phi) is 6.72. The molecule has 1 aliphatic heterocycles. The highest BCUT2D eigenvalue weighted by molar-refractivity contribution is 6.22. The van der Waals surface area contributed by atoms with E-state index >= 15 is 0 Å². The molecule has 1 heterocycles. The molecule has 1 saturated carbocycles. The summed E-state index contributed by atoms with van der Waals surface area (Å²) < 4.78 is 5.02. The van der Waals surface area contributed by atoms with E-state index < -0.39 is 24.4 Å². The molecular formula is C25H25N3O6. The van der Waals surface area contributed by atoms with Gasteiger partial charge in [-0.2, -0.15) is 0 Å². The predicted molar refractivity (Wildman–Crippen MR) is 121 cm³/mol. The Morgan fingerprint density at radius 3 is 2.38 bits per heavy atom. The van der Waals surface area contributed by atoms with Crippen LogP contribution in [0.25, 0.3) is 0 Å². The summed E-state index contributed by atoms with van der Waals surface area (Å²) in [6.45, 7) is 1.46. The summed E-state index contributed by atoms with van der Waals surface area (Å²) in [7, 11) is 0. The second kappa shape index (κ2) is 9.86. The van der Waals surface area contributed by atoms with Gasteiger partial charge in [0, 0.05) is 5.56 Å². The molecule has 0 spiro atoms. The van der Waals surface area contributed by atoms with Crippen LogP contribution in [0.5, 0.6) is 0 Å². The van der Waals surface area contributed by atoms with E-state index in [1.165, 1.54) is 12.1 Å². The van der Waals surface area contributed by atoms with Gasteiger partial charge in [0.15, 0.2) is 6.61 Å². The van der Waals surface area contributed by atoms with Crippen LogP contribution in [0, 0.1) is 17.8 Å². The number of carbonyl (C=O) groups is 5. The third-order valence-electron chi connectivity index (χ3n) is 6.21. The molecule has 1 saturated heterocycles. The number of rotatable bonds is 5. The standard InChI is InChI=1S/C25H25N3O6/c1-15-10-11-19-20(12-15)24(32)28(23(19)31)18-9-5-8-17(13-18)25(33)34-14-21(29)26-27-22(30)16-6-3-2-4-7-16/h2-9,13,15,19-20H,10-12,14H2,1H3,(H,26,29)(H,27,30)/t15-,19+,20-/m1/s1. The van der Waals surface area contributed by atoms with Crippen molar-refractivity contribution in [1.29, 1.82) is 0 Å². The van der Waals surface area contributed by atoms with Crippen LogP contribution < -0.4 is 15.8 Å². The van der Waals surface area contributed by atoms with Gasteiger partial charge in [0.25, 0.3) is 11.8 Å². The van der Waals surface area contributed by atoms with Crippen LogP contribution in [0.1, 0.15) is 46.9 Å². The van der Waals surface area contributed by atoms with Crippen LogP contribution in [0.15, 0.2) is 54.6 Å². The van der Waals surface area contributed by atoms with Crippen molar-refractivity contribution >= 4 is 35.3 Å². The van der Waals surface area contributed by atoms with E-state index in [1.54, 1.807) is 42.5 Å². The fourth-order valence-corrected chi connectivity index (χ4v) is 4.45. The zero-order valence-electron chi connectivity index (χ0n) is 18.7. The van der Waals surface area contributed by atoms with Gasteiger partial charge >= 0.3 is 5.97 Å². The number of hydrazine groups is 1. The van der Waals surface area contributed by atoms with Gasteiger partial charge in [-0.3, -0.25) is 34.9 Å². The summed E-state index contributed by atoms with van der Waals surface area (Å²) in [5.41, 5.74) is 5.18. The third kappa shape index (κ3) is 4.83. The van der Waals surface area contributed by atoms with Gasteiger partial charge in [0.2, 0.25) is 11.8 Å². The topological polar surface area (TPSA) is 122 Å². The first-order valence-electron chi connectivity index (χ1n) is 11.1. The van der Waals surface area contributed by atoms with Gasteiger partial charge in [-0.1, -0.05) is 31.2 Å². The largest absolute Gasteiger partial charge is 0.452 e. The van der Waals surface area contributed by atoms with Gasteiger partial charge < -0.3 is 4.74 Å². The van der Waals surface area contributed by atoms with Crippen LogP contribution in [0.2, 0.25) is 0 Å². The molecule has 0 aromatic heterocycles. The number of nitrogens with one attached hydrogen (secondary N) is 2. The quantitative estimate of drug-likeness (QED) is 0.398. The lowest BCUT2D eigenvalue weighted by Gasteiger charge is -2.25. The molecule has 34 heavy (non-hydrogen) atoms. The van der Waals surface area contributed by atoms with E-state index in [2.05, 4.69) is 17.8 Å². The number of anilines is 1. The van der Waals surface area contributed by atoms with Gasteiger partial charge in [-0.05, 0) is 55.5 Å². The number of amides is 4. The molecule has 2 fully saturated rings. The van der Waals surface area contributed by atoms with Crippen LogP contribution in [-0.4, -0.2) is 36.2 Å². The van der Waals surface area contributed by atoms with Crippen molar-refractivity contribution in [2.75, 3.05) is 11.5 Å². The molecule has 2 aromatic carbocycles. The number of nitrogens with zero attached hydrogens (tertiary/aromatic N) is 1. The van der Waals surface area contributed by atoms with Crippen molar-refractivity contribution in [1.82, 2.24) is 10.9 Å². The molecule has 2 aromatic rings. The molecule has 176 valence electrons. The molecule has 0 unspecified atom stereocenters. The Balaban J connectivity index is 1.34. The van der Waals surface area contributed by atoms with E-state index in [9.17, 15) is 24.0 Å². The maximum Gasteiger partial charge on any atom is 0.338 e. The molecule has 4 amide bonds. The lowest BCUT2D eigenvalue weighted by molar-refractivity contribution is -0.125. The van der Waals surface area contributed by atoms with Crippen LogP contribution >= 0.6 is 0 Å². The second-order valence-electron chi connectivity index (χ2n) is 8.64. The fourth-order valence-electron chi connectivity index (χ4n) is 4.45. The SMILES string of the molecule is C[C@@H]1CC[C@@H]2C(=O)N(c3cccc(C(=O)OCC(=O)NNC(=O)c4ccccc4)c3)C(=O)[C@@H]2C1.